The van der Waals surface area contributed by atoms with Gasteiger partial charge in [-0.25, -0.2) is 18.0 Å². The van der Waals surface area contributed by atoms with E-state index in [1.54, 1.807) is 6.92 Å². The second-order valence-electron chi connectivity index (χ2n) is 4.71. The largest absolute Gasteiger partial charge is 0.465 e. The van der Waals surface area contributed by atoms with Gasteiger partial charge in [-0.1, -0.05) is 0 Å². The van der Waals surface area contributed by atoms with Crippen molar-refractivity contribution in [2.24, 2.45) is 0 Å². The number of esters is 1. The number of carbonyl (C=O) groups is 2. The number of halogens is 3. The minimum absolute atomic E-state index is 0.00334. The molecule has 22 heavy (non-hydrogen) atoms. The van der Waals surface area contributed by atoms with Crippen LogP contribution in [0.25, 0.3) is 0 Å². The van der Waals surface area contributed by atoms with Gasteiger partial charge in [0.25, 0.3) is 11.5 Å². The smallest absolute Gasteiger partial charge is 0.360 e. The lowest BCUT2D eigenvalue weighted by atomic mass is 9.92. The van der Waals surface area contributed by atoms with Gasteiger partial charge in [-0.15, -0.1) is 0 Å². The van der Waals surface area contributed by atoms with Crippen molar-refractivity contribution in [3.05, 3.63) is 29.6 Å². The Kier molecular flexibility index (Phi) is 4.58. The number of carbonyl (C=O) groups excluding carboxylic acids is 2. The van der Waals surface area contributed by atoms with Crippen molar-refractivity contribution in [3.63, 3.8) is 0 Å². The molecule has 1 N–H and O–H groups in total. The van der Waals surface area contributed by atoms with Crippen LogP contribution in [0.4, 0.5) is 13.2 Å². The Morgan fingerprint density at radius 2 is 1.95 bits per heavy atom. The van der Waals surface area contributed by atoms with Gasteiger partial charge >= 0.3 is 5.97 Å². The molecule has 1 heterocycles. The fourth-order valence-electron chi connectivity index (χ4n) is 2.17. The molecule has 1 fully saturated rings. The first-order chi connectivity index (χ1) is 10.4. The van der Waals surface area contributed by atoms with E-state index in [0.717, 1.165) is 0 Å². The number of nitrogens with one attached hydrogen (secondary N) is 1. The van der Waals surface area contributed by atoms with Gasteiger partial charge in [0.1, 0.15) is 5.75 Å². The fraction of sp³-hybridized carbons (Fsp3) is 0.429. The van der Waals surface area contributed by atoms with Gasteiger partial charge in [0, 0.05) is 25.1 Å². The minimum atomic E-state index is -2.04. The summed E-state index contributed by atoms with van der Waals surface area (Å²) in [5, 5.41) is 2.45. The number of ether oxygens (including phenoxy) is 2. The number of hydrogen-bond donors (Lipinski definition) is 1. The van der Waals surface area contributed by atoms with Crippen molar-refractivity contribution >= 4 is 11.9 Å². The molecule has 1 saturated heterocycles. The summed E-state index contributed by atoms with van der Waals surface area (Å²) in [5.74, 6) is -6.82. The van der Waals surface area contributed by atoms with Crippen LogP contribution < -0.4 is 10.1 Å². The van der Waals surface area contributed by atoms with E-state index in [1.165, 1.54) is 0 Å². The van der Waals surface area contributed by atoms with E-state index in [0.29, 0.717) is 25.1 Å². The Bertz CT molecular complexity index is 585. The number of piperidine rings is 1. The molecule has 0 spiro atoms. The summed E-state index contributed by atoms with van der Waals surface area (Å²) in [7, 11) is 0. The summed E-state index contributed by atoms with van der Waals surface area (Å²) < 4.78 is 49.5. The monoisotopic (exact) mass is 317 g/mol. The Morgan fingerprint density at radius 1 is 1.32 bits per heavy atom. The standard InChI is InChI=1S/C14H14F3NO4/c1-2-21-13(20)14(4-3-5-18-12(14)19)22-8-6-9(15)11(17)10(16)7-8/h6-7H,2-5H2,1H3,(H,18,19)/t14-/m1/s1. The molecule has 1 aliphatic rings. The lowest BCUT2D eigenvalue weighted by Crippen LogP contribution is -2.60. The molecule has 1 aromatic carbocycles. The van der Waals surface area contributed by atoms with Crippen LogP contribution in [0.1, 0.15) is 19.8 Å². The maximum absolute atomic E-state index is 13.3. The molecule has 1 atom stereocenters. The molecule has 0 radical (unpaired) electrons. The summed E-state index contributed by atoms with van der Waals surface area (Å²) in [6.07, 6.45) is 0.398. The van der Waals surface area contributed by atoms with Crippen LogP contribution in [0.5, 0.6) is 5.75 Å². The first kappa shape index (κ1) is 16.1. The van der Waals surface area contributed by atoms with E-state index in [1.807, 2.05) is 0 Å². The predicted octanol–water partition coefficient (Wildman–Crippen LogP) is 1.69. The van der Waals surface area contributed by atoms with Gasteiger partial charge < -0.3 is 14.8 Å². The minimum Gasteiger partial charge on any atom is -0.465 e. The van der Waals surface area contributed by atoms with Crippen molar-refractivity contribution in [2.75, 3.05) is 13.2 Å². The second-order valence-corrected chi connectivity index (χ2v) is 4.71. The SMILES string of the molecule is CCOC(=O)[C@@]1(Oc2cc(F)c(F)c(F)c2)CCCNC1=O. The van der Waals surface area contributed by atoms with Gasteiger partial charge in [-0.2, -0.15) is 0 Å². The highest BCUT2D eigenvalue weighted by Gasteiger charge is 2.51. The van der Waals surface area contributed by atoms with Gasteiger partial charge in [-0.05, 0) is 13.3 Å². The highest BCUT2D eigenvalue weighted by molar-refractivity contribution is 6.07. The van der Waals surface area contributed by atoms with Crippen molar-refractivity contribution in [1.29, 1.82) is 0 Å². The molecular weight excluding hydrogens is 303 g/mol. The van der Waals surface area contributed by atoms with Crippen molar-refractivity contribution < 1.29 is 32.2 Å². The van der Waals surface area contributed by atoms with E-state index >= 15 is 0 Å². The second kappa shape index (κ2) is 6.25. The zero-order chi connectivity index (χ0) is 16.3. The summed E-state index contributed by atoms with van der Waals surface area (Å²) in [6, 6.07) is 1.14. The van der Waals surface area contributed by atoms with E-state index in [2.05, 4.69) is 5.32 Å². The van der Waals surface area contributed by atoms with Crippen molar-refractivity contribution in [1.82, 2.24) is 5.32 Å². The molecule has 2 rings (SSSR count). The predicted molar refractivity (Wildman–Crippen MR) is 68.6 cm³/mol. The Balaban J connectivity index is 2.38. The third-order valence-electron chi connectivity index (χ3n) is 3.21. The molecule has 0 aromatic heterocycles. The van der Waals surface area contributed by atoms with Crippen molar-refractivity contribution in [3.8, 4) is 5.75 Å². The molecule has 0 unspecified atom stereocenters. The van der Waals surface area contributed by atoms with Crippen LogP contribution in [-0.2, 0) is 14.3 Å². The van der Waals surface area contributed by atoms with Gasteiger partial charge in [0.15, 0.2) is 17.5 Å². The van der Waals surface area contributed by atoms with Gasteiger partial charge in [-0.3, -0.25) is 4.79 Å². The van der Waals surface area contributed by atoms with Gasteiger partial charge in [0.2, 0.25) is 0 Å². The fourth-order valence-corrected chi connectivity index (χ4v) is 2.17. The average Bonchev–Trinajstić information content (AvgIpc) is 2.47. The number of hydrogen-bond acceptors (Lipinski definition) is 4. The molecular formula is C14H14F3NO4. The molecule has 0 bridgehead atoms. The zero-order valence-electron chi connectivity index (χ0n) is 11.8. The van der Waals surface area contributed by atoms with Crippen molar-refractivity contribution in [2.45, 2.75) is 25.4 Å². The molecule has 1 aliphatic heterocycles. The van der Waals surface area contributed by atoms with Crippen LogP contribution in [0, 0.1) is 17.5 Å². The molecule has 1 amide bonds. The maximum Gasteiger partial charge on any atom is 0.360 e. The molecule has 8 heteroatoms. The van der Waals surface area contributed by atoms with E-state index in [4.69, 9.17) is 9.47 Å². The normalized spacial score (nSPS) is 21.2. The van der Waals surface area contributed by atoms with Crippen LogP contribution in [0.2, 0.25) is 0 Å². The topological polar surface area (TPSA) is 64.6 Å². The summed E-state index contributed by atoms with van der Waals surface area (Å²) in [4.78, 5) is 24.2. The third-order valence-corrected chi connectivity index (χ3v) is 3.21. The van der Waals surface area contributed by atoms with Crippen LogP contribution in [-0.4, -0.2) is 30.6 Å². The lowest BCUT2D eigenvalue weighted by molar-refractivity contribution is -0.170. The van der Waals surface area contributed by atoms with Crippen LogP contribution in [0.15, 0.2) is 12.1 Å². The highest BCUT2D eigenvalue weighted by Crippen LogP contribution is 2.29. The molecule has 5 nitrogen and oxygen atoms in total. The highest BCUT2D eigenvalue weighted by atomic mass is 19.2. The first-order valence-electron chi connectivity index (χ1n) is 6.70. The van der Waals surface area contributed by atoms with E-state index in [-0.39, 0.29) is 13.0 Å². The lowest BCUT2D eigenvalue weighted by Gasteiger charge is -2.33. The van der Waals surface area contributed by atoms with Crippen LogP contribution in [0.3, 0.4) is 0 Å². The summed E-state index contributed by atoms with van der Waals surface area (Å²) in [5.41, 5.74) is -2.04. The third kappa shape index (κ3) is 2.86. The Hall–Kier alpha value is -2.25. The average molecular weight is 317 g/mol. The first-order valence-corrected chi connectivity index (χ1v) is 6.70. The zero-order valence-corrected chi connectivity index (χ0v) is 11.8. The molecule has 1 aromatic rings. The number of rotatable bonds is 4. The molecule has 120 valence electrons. The quantitative estimate of drug-likeness (QED) is 0.521. The van der Waals surface area contributed by atoms with E-state index < -0.39 is 40.7 Å². The summed E-state index contributed by atoms with van der Waals surface area (Å²) in [6.45, 7) is 1.89. The van der Waals surface area contributed by atoms with Gasteiger partial charge in [0.05, 0.1) is 6.61 Å². The molecule has 0 saturated carbocycles. The Labute approximate surface area is 124 Å². The van der Waals surface area contributed by atoms with E-state index in [9.17, 15) is 22.8 Å². The number of benzene rings is 1. The molecule has 0 aliphatic carbocycles. The van der Waals surface area contributed by atoms with Crippen LogP contribution >= 0.6 is 0 Å². The summed E-state index contributed by atoms with van der Waals surface area (Å²) >= 11 is 0. The number of amides is 1. The Morgan fingerprint density at radius 3 is 2.50 bits per heavy atom. The maximum atomic E-state index is 13.3.